The van der Waals surface area contributed by atoms with Crippen LogP contribution < -0.4 is 0 Å². The van der Waals surface area contributed by atoms with Crippen molar-refractivity contribution in [2.45, 2.75) is 32.7 Å². The summed E-state index contributed by atoms with van der Waals surface area (Å²) >= 11 is 7.25. The van der Waals surface area contributed by atoms with Crippen LogP contribution in [-0.4, -0.2) is 71.8 Å². The van der Waals surface area contributed by atoms with Crippen LogP contribution in [0.25, 0.3) is 0 Å². The fourth-order valence-electron chi connectivity index (χ4n) is 3.52. The van der Waals surface area contributed by atoms with E-state index in [9.17, 15) is 9.59 Å². The van der Waals surface area contributed by atoms with Crippen molar-refractivity contribution in [2.24, 2.45) is 5.92 Å². The molecule has 1 aromatic rings. The molecule has 3 heterocycles. The number of piperazine rings is 1. The van der Waals surface area contributed by atoms with Gasteiger partial charge in [-0.2, -0.15) is 0 Å². The minimum atomic E-state index is 0.000552. The van der Waals surface area contributed by atoms with Crippen LogP contribution in [0, 0.1) is 5.92 Å². The van der Waals surface area contributed by atoms with Crippen LogP contribution in [-0.2, 0) is 4.79 Å². The fourth-order valence-corrected chi connectivity index (χ4v) is 4.53. The molecule has 1 unspecified atom stereocenters. The van der Waals surface area contributed by atoms with E-state index in [0.717, 1.165) is 39.0 Å². The minimum absolute atomic E-state index is 0.000552. The summed E-state index contributed by atoms with van der Waals surface area (Å²) < 4.78 is 0.639. The summed E-state index contributed by atoms with van der Waals surface area (Å²) in [4.78, 5) is 32.0. The summed E-state index contributed by atoms with van der Waals surface area (Å²) in [5.74, 6) is 0.936. The summed E-state index contributed by atoms with van der Waals surface area (Å²) in [6, 6.07) is 3.55. The summed E-state index contributed by atoms with van der Waals surface area (Å²) in [6.07, 6.45) is 1.97. The molecule has 138 valence electrons. The van der Waals surface area contributed by atoms with Crippen LogP contribution in [0.4, 0.5) is 0 Å². The molecule has 0 bridgehead atoms. The molecule has 0 N–H and O–H groups in total. The smallest absolute Gasteiger partial charge is 0.264 e. The highest BCUT2D eigenvalue weighted by atomic mass is 35.5. The Bertz CT molecular complexity index is 626. The highest BCUT2D eigenvalue weighted by Crippen LogP contribution is 2.24. The minimum Gasteiger partial charge on any atom is -0.341 e. The number of carbonyl (C=O) groups is 2. The van der Waals surface area contributed by atoms with Gasteiger partial charge in [0.1, 0.15) is 0 Å². The molecule has 5 nitrogen and oxygen atoms in total. The number of amides is 2. The normalized spacial score (nSPS) is 22.2. The lowest BCUT2D eigenvalue weighted by Gasteiger charge is -2.37. The quantitative estimate of drug-likeness (QED) is 0.785. The van der Waals surface area contributed by atoms with Crippen molar-refractivity contribution in [3.8, 4) is 0 Å². The number of carbonyl (C=O) groups excluding carboxylic acids is 2. The van der Waals surface area contributed by atoms with Gasteiger partial charge in [-0.1, -0.05) is 25.4 Å². The maximum absolute atomic E-state index is 12.6. The maximum atomic E-state index is 12.6. The number of nitrogens with zero attached hydrogens (tertiary/aromatic N) is 3. The molecule has 2 aliphatic rings. The summed E-state index contributed by atoms with van der Waals surface area (Å²) in [7, 11) is 0. The van der Waals surface area contributed by atoms with E-state index in [2.05, 4.69) is 18.7 Å². The van der Waals surface area contributed by atoms with Gasteiger partial charge in [0.15, 0.2) is 0 Å². The molecule has 0 saturated carbocycles. The monoisotopic (exact) mass is 383 g/mol. The van der Waals surface area contributed by atoms with Crippen molar-refractivity contribution >= 4 is 34.8 Å². The second-order valence-electron chi connectivity index (χ2n) is 7.24. The molecule has 25 heavy (non-hydrogen) atoms. The number of thiophene rings is 1. The van der Waals surface area contributed by atoms with Crippen LogP contribution in [0.5, 0.6) is 0 Å². The second kappa shape index (κ2) is 8.06. The largest absolute Gasteiger partial charge is 0.341 e. The van der Waals surface area contributed by atoms with E-state index in [4.69, 9.17) is 11.6 Å². The van der Waals surface area contributed by atoms with E-state index in [1.165, 1.54) is 11.3 Å². The third kappa shape index (κ3) is 4.36. The van der Waals surface area contributed by atoms with Gasteiger partial charge < -0.3 is 9.80 Å². The van der Waals surface area contributed by atoms with Crippen molar-refractivity contribution in [2.75, 3.05) is 39.3 Å². The first-order chi connectivity index (χ1) is 12.0. The lowest BCUT2D eigenvalue weighted by atomic mass is 10.1. The number of halogens is 1. The van der Waals surface area contributed by atoms with Crippen molar-refractivity contribution in [1.82, 2.24) is 14.7 Å². The molecule has 2 amide bonds. The van der Waals surface area contributed by atoms with Crippen LogP contribution >= 0.6 is 22.9 Å². The Morgan fingerprint density at radius 3 is 2.56 bits per heavy atom. The second-order valence-corrected chi connectivity index (χ2v) is 8.96. The third-order valence-corrected chi connectivity index (χ3v) is 6.29. The van der Waals surface area contributed by atoms with Crippen molar-refractivity contribution in [3.05, 3.63) is 21.3 Å². The lowest BCUT2D eigenvalue weighted by Crippen LogP contribution is -2.53. The average Bonchev–Trinajstić information content (AvgIpc) is 3.18. The fraction of sp³-hybridized carbons (Fsp3) is 0.667. The van der Waals surface area contributed by atoms with Gasteiger partial charge in [0.05, 0.1) is 15.3 Å². The van der Waals surface area contributed by atoms with Gasteiger partial charge in [-0.15, -0.1) is 11.3 Å². The zero-order valence-corrected chi connectivity index (χ0v) is 16.5. The summed E-state index contributed by atoms with van der Waals surface area (Å²) in [6.45, 7) is 8.98. The first-order valence-corrected chi connectivity index (χ1v) is 10.2. The predicted molar refractivity (Wildman–Crippen MR) is 101 cm³/mol. The SMILES string of the molecule is CC(C)CCN1CCC(N2CCN(C(=O)c3ccc(Cl)s3)CC2)C1=O. The third-order valence-electron chi connectivity index (χ3n) is 5.07. The van der Waals surface area contributed by atoms with Gasteiger partial charge in [-0.25, -0.2) is 0 Å². The van der Waals surface area contributed by atoms with Crippen LogP contribution in [0.3, 0.4) is 0 Å². The standard InChI is InChI=1S/C18H26ClN3O2S/c1-13(2)5-7-21-8-6-14(17(21)23)20-9-11-22(12-10-20)18(24)15-3-4-16(19)25-15/h3-4,13-14H,5-12H2,1-2H3. The molecule has 0 spiro atoms. The Balaban J connectivity index is 1.51. The molecular weight excluding hydrogens is 358 g/mol. The molecule has 0 aromatic carbocycles. The van der Waals surface area contributed by atoms with E-state index >= 15 is 0 Å². The zero-order chi connectivity index (χ0) is 18.0. The van der Waals surface area contributed by atoms with Gasteiger partial charge in [0.25, 0.3) is 5.91 Å². The number of rotatable bonds is 5. The van der Waals surface area contributed by atoms with Gasteiger partial charge >= 0.3 is 0 Å². The number of hydrogen-bond donors (Lipinski definition) is 0. The van der Waals surface area contributed by atoms with E-state index in [0.29, 0.717) is 28.2 Å². The molecule has 2 aliphatic heterocycles. The number of likely N-dealkylation sites (tertiary alicyclic amines) is 1. The molecular formula is C18H26ClN3O2S. The topological polar surface area (TPSA) is 43.9 Å². The van der Waals surface area contributed by atoms with Crippen LogP contribution in [0.1, 0.15) is 36.4 Å². The van der Waals surface area contributed by atoms with Gasteiger partial charge in [0.2, 0.25) is 5.91 Å². The van der Waals surface area contributed by atoms with Gasteiger partial charge in [0, 0.05) is 39.3 Å². The Kier molecular flexibility index (Phi) is 6.02. The molecule has 1 aromatic heterocycles. The predicted octanol–water partition coefficient (Wildman–Crippen LogP) is 2.81. The molecule has 3 rings (SSSR count). The van der Waals surface area contributed by atoms with E-state index in [1.54, 1.807) is 12.1 Å². The first-order valence-electron chi connectivity index (χ1n) is 9.03. The Morgan fingerprint density at radius 2 is 1.96 bits per heavy atom. The van der Waals surface area contributed by atoms with Crippen LogP contribution in [0.15, 0.2) is 12.1 Å². The first kappa shape index (κ1) is 18.7. The Morgan fingerprint density at radius 1 is 1.24 bits per heavy atom. The summed E-state index contributed by atoms with van der Waals surface area (Å²) in [5, 5.41) is 0. The zero-order valence-electron chi connectivity index (χ0n) is 14.9. The lowest BCUT2D eigenvalue weighted by molar-refractivity contribution is -0.132. The van der Waals surface area contributed by atoms with Crippen LogP contribution in [0.2, 0.25) is 4.34 Å². The van der Waals surface area contributed by atoms with Crippen molar-refractivity contribution < 1.29 is 9.59 Å². The highest BCUT2D eigenvalue weighted by molar-refractivity contribution is 7.17. The molecule has 0 radical (unpaired) electrons. The van der Waals surface area contributed by atoms with Gasteiger partial charge in [-0.05, 0) is 30.9 Å². The van der Waals surface area contributed by atoms with E-state index in [1.807, 2.05) is 9.80 Å². The van der Waals surface area contributed by atoms with Crippen molar-refractivity contribution in [1.29, 1.82) is 0 Å². The molecule has 2 saturated heterocycles. The van der Waals surface area contributed by atoms with Gasteiger partial charge in [-0.3, -0.25) is 14.5 Å². The number of hydrogen-bond acceptors (Lipinski definition) is 4. The molecule has 7 heteroatoms. The average molecular weight is 384 g/mol. The van der Waals surface area contributed by atoms with Crippen molar-refractivity contribution in [3.63, 3.8) is 0 Å². The molecule has 1 atom stereocenters. The molecule has 0 aliphatic carbocycles. The Labute approximate surface area is 158 Å². The molecule has 2 fully saturated rings. The van der Waals surface area contributed by atoms with E-state index in [-0.39, 0.29) is 17.9 Å². The maximum Gasteiger partial charge on any atom is 0.264 e. The Hall–Kier alpha value is -1.11. The highest BCUT2D eigenvalue weighted by Gasteiger charge is 2.37. The van der Waals surface area contributed by atoms with E-state index < -0.39 is 0 Å². The summed E-state index contributed by atoms with van der Waals surface area (Å²) in [5.41, 5.74) is 0.